The van der Waals surface area contributed by atoms with Crippen molar-refractivity contribution in [3.05, 3.63) is 48.0 Å². The molecule has 0 saturated carbocycles. The Morgan fingerprint density at radius 1 is 0.897 bits per heavy atom. The van der Waals surface area contributed by atoms with E-state index in [9.17, 15) is 4.79 Å². The molecule has 2 aromatic rings. The summed E-state index contributed by atoms with van der Waals surface area (Å²) in [6.45, 7) is 5.31. The van der Waals surface area contributed by atoms with E-state index in [0.717, 1.165) is 32.7 Å². The van der Waals surface area contributed by atoms with Crippen LogP contribution in [0.25, 0.3) is 0 Å². The molecule has 0 bridgehead atoms. The number of nitrogens with one attached hydrogen (secondary N) is 1. The summed E-state index contributed by atoms with van der Waals surface area (Å²) in [5.74, 6) is 1.13. The predicted octanol–water partition coefficient (Wildman–Crippen LogP) is 2.26. The molecule has 1 N–H and O–H groups in total. The van der Waals surface area contributed by atoms with Gasteiger partial charge in [-0.15, -0.1) is 0 Å². The predicted molar refractivity (Wildman–Crippen MR) is 114 cm³/mol. The average Bonchev–Trinajstić information content (AvgIpc) is 2.78. The molecule has 0 aliphatic carbocycles. The summed E-state index contributed by atoms with van der Waals surface area (Å²) in [6.07, 6.45) is 0. The first-order valence-electron chi connectivity index (χ1n) is 9.77. The van der Waals surface area contributed by atoms with Crippen LogP contribution in [0.1, 0.15) is 10.4 Å². The summed E-state index contributed by atoms with van der Waals surface area (Å²) in [4.78, 5) is 17.4. The van der Waals surface area contributed by atoms with Crippen molar-refractivity contribution in [1.29, 1.82) is 0 Å². The number of carbonyl (C=O) groups excluding carboxylic acids is 1. The molecule has 0 radical (unpaired) electrons. The Morgan fingerprint density at radius 2 is 1.59 bits per heavy atom. The van der Waals surface area contributed by atoms with Gasteiger partial charge < -0.3 is 24.4 Å². The molecular weight excluding hydrogens is 370 g/mol. The Labute approximate surface area is 172 Å². The number of hydrogen-bond donors (Lipinski definition) is 1. The van der Waals surface area contributed by atoms with E-state index in [1.54, 1.807) is 19.2 Å². The molecule has 1 heterocycles. The van der Waals surface area contributed by atoms with Crippen molar-refractivity contribution in [1.82, 2.24) is 10.2 Å². The summed E-state index contributed by atoms with van der Waals surface area (Å²) in [5, 5.41) is 2.98. The lowest BCUT2D eigenvalue weighted by molar-refractivity contribution is 0.0944. The topological polar surface area (TPSA) is 63.3 Å². The molecule has 7 heteroatoms. The van der Waals surface area contributed by atoms with E-state index in [1.807, 2.05) is 6.07 Å². The Kier molecular flexibility index (Phi) is 7.19. The van der Waals surface area contributed by atoms with Crippen molar-refractivity contribution < 1.29 is 19.0 Å². The van der Waals surface area contributed by atoms with Crippen molar-refractivity contribution in [2.75, 3.05) is 65.5 Å². The van der Waals surface area contributed by atoms with Crippen molar-refractivity contribution in [3.63, 3.8) is 0 Å². The molecule has 3 rings (SSSR count). The van der Waals surface area contributed by atoms with Crippen LogP contribution < -0.4 is 24.4 Å². The van der Waals surface area contributed by atoms with Crippen LogP contribution in [-0.2, 0) is 0 Å². The number of nitrogens with zero attached hydrogens (tertiary/aromatic N) is 2. The number of ether oxygens (including phenoxy) is 3. The molecule has 29 heavy (non-hydrogen) atoms. The number of rotatable bonds is 8. The number of amides is 1. The van der Waals surface area contributed by atoms with Crippen LogP contribution in [0, 0.1) is 0 Å². The van der Waals surface area contributed by atoms with Crippen LogP contribution in [-0.4, -0.2) is 71.4 Å². The maximum Gasteiger partial charge on any atom is 0.255 e. The van der Waals surface area contributed by atoms with Gasteiger partial charge in [0.05, 0.1) is 26.9 Å². The van der Waals surface area contributed by atoms with Gasteiger partial charge in [-0.1, -0.05) is 18.2 Å². The van der Waals surface area contributed by atoms with Gasteiger partial charge in [-0.2, -0.15) is 0 Å². The van der Waals surface area contributed by atoms with Gasteiger partial charge >= 0.3 is 0 Å². The van der Waals surface area contributed by atoms with Crippen LogP contribution in [0.4, 0.5) is 5.69 Å². The molecule has 2 aromatic carbocycles. The fourth-order valence-corrected chi connectivity index (χ4v) is 3.57. The third kappa shape index (κ3) is 4.92. The number of hydrogen-bond acceptors (Lipinski definition) is 6. The molecule has 0 aromatic heterocycles. The minimum atomic E-state index is -0.189. The highest BCUT2D eigenvalue weighted by Crippen LogP contribution is 2.39. The first-order valence-corrected chi connectivity index (χ1v) is 9.77. The Hall–Kier alpha value is -2.93. The molecule has 1 fully saturated rings. The molecule has 1 aliphatic heterocycles. The number of methoxy groups -OCH3 is 3. The molecule has 1 aliphatic rings. The maximum atomic E-state index is 12.7. The van der Waals surface area contributed by atoms with Gasteiger partial charge in [-0.05, 0) is 24.3 Å². The van der Waals surface area contributed by atoms with Gasteiger partial charge in [-0.25, -0.2) is 0 Å². The molecule has 156 valence electrons. The third-order valence-electron chi connectivity index (χ3n) is 5.16. The second-order valence-electron chi connectivity index (χ2n) is 6.80. The highest BCUT2D eigenvalue weighted by Gasteiger charge is 2.21. The highest BCUT2D eigenvalue weighted by molar-refractivity contribution is 5.98. The minimum Gasteiger partial charge on any atom is -0.493 e. The largest absolute Gasteiger partial charge is 0.493 e. The smallest absolute Gasteiger partial charge is 0.255 e. The van der Waals surface area contributed by atoms with Crippen LogP contribution in [0.3, 0.4) is 0 Å². The van der Waals surface area contributed by atoms with Gasteiger partial charge in [0.15, 0.2) is 11.5 Å². The zero-order valence-corrected chi connectivity index (χ0v) is 17.3. The van der Waals surface area contributed by atoms with E-state index in [1.165, 1.54) is 19.9 Å². The van der Waals surface area contributed by atoms with E-state index in [2.05, 4.69) is 39.4 Å². The standard InChI is InChI=1S/C22H29N3O4/c1-27-19-10-9-18(20(28-2)21(19)29-3)22(26)23-11-12-24-13-15-25(16-14-24)17-7-5-4-6-8-17/h4-10H,11-16H2,1-3H3,(H,23,26). The second kappa shape index (κ2) is 10.0. The SMILES string of the molecule is COc1ccc(C(=O)NCCN2CCN(c3ccccc3)CC2)c(OC)c1OC. The number of para-hydroxylation sites is 1. The normalized spacial score (nSPS) is 14.4. The number of anilines is 1. The monoisotopic (exact) mass is 399 g/mol. The summed E-state index contributed by atoms with van der Waals surface area (Å²) < 4.78 is 16.0. The number of benzene rings is 2. The molecule has 0 spiro atoms. The van der Waals surface area contributed by atoms with Crippen molar-refractivity contribution in [2.24, 2.45) is 0 Å². The summed E-state index contributed by atoms with van der Waals surface area (Å²) >= 11 is 0. The Balaban J connectivity index is 1.51. The average molecular weight is 399 g/mol. The van der Waals surface area contributed by atoms with Gasteiger partial charge in [0, 0.05) is 45.0 Å². The van der Waals surface area contributed by atoms with Gasteiger partial charge in [0.2, 0.25) is 5.75 Å². The van der Waals surface area contributed by atoms with Gasteiger partial charge in [-0.3, -0.25) is 9.69 Å². The fourth-order valence-electron chi connectivity index (χ4n) is 3.57. The first-order chi connectivity index (χ1) is 14.2. The molecule has 1 amide bonds. The summed E-state index contributed by atoms with van der Waals surface area (Å²) in [6, 6.07) is 13.9. The van der Waals surface area contributed by atoms with E-state index < -0.39 is 0 Å². The van der Waals surface area contributed by atoms with E-state index in [0.29, 0.717) is 29.4 Å². The van der Waals surface area contributed by atoms with E-state index >= 15 is 0 Å². The Bertz CT molecular complexity index is 805. The number of carbonyl (C=O) groups is 1. The lowest BCUT2D eigenvalue weighted by Crippen LogP contribution is -2.48. The zero-order chi connectivity index (χ0) is 20.6. The zero-order valence-electron chi connectivity index (χ0n) is 17.3. The van der Waals surface area contributed by atoms with Crippen LogP contribution in [0.2, 0.25) is 0 Å². The molecular formula is C22H29N3O4. The summed E-state index contributed by atoms with van der Waals surface area (Å²) in [7, 11) is 4.59. The van der Waals surface area contributed by atoms with Gasteiger partial charge in [0.1, 0.15) is 0 Å². The van der Waals surface area contributed by atoms with Crippen molar-refractivity contribution in [3.8, 4) is 17.2 Å². The van der Waals surface area contributed by atoms with E-state index in [-0.39, 0.29) is 5.91 Å². The minimum absolute atomic E-state index is 0.189. The van der Waals surface area contributed by atoms with Crippen molar-refractivity contribution >= 4 is 11.6 Å². The van der Waals surface area contributed by atoms with Crippen LogP contribution in [0.5, 0.6) is 17.2 Å². The quantitative estimate of drug-likeness (QED) is 0.735. The fraction of sp³-hybridized carbons (Fsp3) is 0.409. The molecule has 0 atom stereocenters. The van der Waals surface area contributed by atoms with Crippen LogP contribution >= 0.6 is 0 Å². The second-order valence-corrected chi connectivity index (χ2v) is 6.80. The van der Waals surface area contributed by atoms with Crippen molar-refractivity contribution in [2.45, 2.75) is 0 Å². The lowest BCUT2D eigenvalue weighted by atomic mass is 10.1. The van der Waals surface area contributed by atoms with Crippen LogP contribution in [0.15, 0.2) is 42.5 Å². The Morgan fingerprint density at radius 3 is 2.21 bits per heavy atom. The third-order valence-corrected chi connectivity index (χ3v) is 5.16. The molecule has 7 nitrogen and oxygen atoms in total. The highest BCUT2D eigenvalue weighted by atomic mass is 16.5. The molecule has 1 saturated heterocycles. The molecule has 0 unspecified atom stereocenters. The van der Waals surface area contributed by atoms with E-state index in [4.69, 9.17) is 14.2 Å². The van der Waals surface area contributed by atoms with Gasteiger partial charge in [0.25, 0.3) is 5.91 Å². The maximum absolute atomic E-state index is 12.7. The number of piperazine rings is 1. The first kappa shape index (κ1) is 20.8. The summed E-state index contributed by atoms with van der Waals surface area (Å²) in [5.41, 5.74) is 1.69. The lowest BCUT2D eigenvalue weighted by Gasteiger charge is -2.36.